The fourth-order valence-corrected chi connectivity index (χ4v) is 4.43. The van der Waals surface area contributed by atoms with Crippen molar-refractivity contribution in [1.29, 1.82) is 0 Å². The second-order valence-corrected chi connectivity index (χ2v) is 9.65. The van der Waals surface area contributed by atoms with E-state index in [9.17, 15) is 4.79 Å². The maximum absolute atomic E-state index is 12.5. The summed E-state index contributed by atoms with van der Waals surface area (Å²) in [6, 6.07) is 4.42. The molecule has 0 bridgehead atoms. The number of nitrogens with zero attached hydrogens (tertiary/aromatic N) is 2. The third-order valence-corrected chi connectivity index (χ3v) is 6.19. The molecule has 0 unspecified atom stereocenters. The summed E-state index contributed by atoms with van der Waals surface area (Å²) in [5.74, 6) is 0.933. The number of benzene rings is 1. The van der Waals surface area contributed by atoms with Gasteiger partial charge in [-0.1, -0.05) is 23.8 Å². The standard InChI is InChI=1S/C24H31ClN2O3/c1-24(2,3)30-23(28)26-10-8-17-14-21-22(15-18(17)9-11-26)29-13-12-27(21)16-19-6-4-5-7-20(19)25/h4,6,14-15H,5,7-13,16H2,1-3H3. The van der Waals surface area contributed by atoms with Crippen molar-refractivity contribution < 1.29 is 14.3 Å². The topological polar surface area (TPSA) is 42.0 Å². The van der Waals surface area contributed by atoms with Crippen molar-refractivity contribution in [3.8, 4) is 5.75 Å². The second-order valence-electron chi connectivity index (χ2n) is 9.20. The molecule has 0 fully saturated rings. The van der Waals surface area contributed by atoms with Gasteiger partial charge in [-0.25, -0.2) is 4.79 Å². The van der Waals surface area contributed by atoms with Gasteiger partial charge in [0.05, 0.1) is 12.2 Å². The van der Waals surface area contributed by atoms with E-state index in [2.05, 4.69) is 29.2 Å². The summed E-state index contributed by atoms with van der Waals surface area (Å²) in [5.41, 5.74) is 4.39. The van der Waals surface area contributed by atoms with E-state index in [4.69, 9.17) is 21.1 Å². The molecule has 0 spiro atoms. The Morgan fingerprint density at radius 3 is 2.57 bits per heavy atom. The predicted molar refractivity (Wildman–Crippen MR) is 121 cm³/mol. The van der Waals surface area contributed by atoms with Crippen LogP contribution in [0.1, 0.15) is 44.7 Å². The number of carbonyl (C=O) groups excluding carboxylic acids is 1. The lowest BCUT2D eigenvalue weighted by molar-refractivity contribution is 0.0258. The highest BCUT2D eigenvalue weighted by Crippen LogP contribution is 2.37. The maximum atomic E-state index is 12.5. The van der Waals surface area contributed by atoms with Crippen LogP contribution < -0.4 is 9.64 Å². The van der Waals surface area contributed by atoms with Crippen LogP contribution in [0.3, 0.4) is 0 Å². The van der Waals surface area contributed by atoms with Crippen LogP contribution >= 0.6 is 11.6 Å². The smallest absolute Gasteiger partial charge is 0.410 e. The van der Waals surface area contributed by atoms with Crippen LogP contribution in [0.2, 0.25) is 0 Å². The van der Waals surface area contributed by atoms with Gasteiger partial charge in [-0.05, 0) is 75.3 Å². The Labute approximate surface area is 184 Å². The number of allylic oxidation sites excluding steroid dienone is 2. The summed E-state index contributed by atoms with van der Waals surface area (Å²) < 4.78 is 11.6. The minimum atomic E-state index is -0.479. The third kappa shape index (κ3) is 4.77. The molecule has 5 nitrogen and oxygen atoms in total. The van der Waals surface area contributed by atoms with Crippen LogP contribution in [-0.2, 0) is 17.6 Å². The Balaban J connectivity index is 1.53. The number of anilines is 1. The molecule has 1 aliphatic carbocycles. The van der Waals surface area contributed by atoms with Crippen molar-refractivity contribution in [2.75, 3.05) is 37.7 Å². The van der Waals surface area contributed by atoms with Crippen LogP contribution in [0.15, 0.2) is 34.9 Å². The molecule has 0 radical (unpaired) electrons. The van der Waals surface area contributed by atoms with Crippen LogP contribution in [-0.4, -0.2) is 49.4 Å². The zero-order valence-corrected chi connectivity index (χ0v) is 18.9. The molecule has 162 valence electrons. The number of fused-ring (bicyclic) bond motifs is 2. The number of carbonyl (C=O) groups is 1. The minimum Gasteiger partial charge on any atom is -0.490 e. The van der Waals surface area contributed by atoms with Gasteiger partial charge < -0.3 is 19.3 Å². The third-order valence-electron chi connectivity index (χ3n) is 5.75. The highest BCUT2D eigenvalue weighted by Gasteiger charge is 2.27. The zero-order valence-electron chi connectivity index (χ0n) is 18.2. The van der Waals surface area contributed by atoms with E-state index >= 15 is 0 Å². The quantitative estimate of drug-likeness (QED) is 0.657. The van der Waals surface area contributed by atoms with Gasteiger partial charge >= 0.3 is 6.09 Å². The number of hydrogen-bond donors (Lipinski definition) is 0. The van der Waals surface area contributed by atoms with Crippen molar-refractivity contribution in [3.63, 3.8) is 0 Å². The maximum Gasteiger partial charge on any atom is 0.410 e. The molecule has 2 aliphatic heterocycles. The second kappa shape index (κ2) is 8.54. The van der Waals surface area contributed by atoms with Crippen LogP contribution in [0.25, 0.3) is 0 Å². The molecule has 1 aromatic rings. The fourth-order valence-electron chi connectivity index (χ4n) is 4.19. The van der Waals surface area contributed by atoms with Gasteiger partial charge in [0, 0.05) is 24.7 Å². The Bertz CT molecular complexity index is 885. The largest absolute Gasteiger partial charge is 0.490 e. The molecule has 6 heteroatoms. The van der Waals surface area contributed by atoms with E-state index in [1.807, 2.05) is 25.7 Å². The molecule has 2 heterocycles. The van der Waals surface area contributed by atoms with Crippen molar-refractivity contribution in [3.05, 3.63) is 46.0 Å². The van der Waals surface area contributed by atoms with E-state index in [-0.39, 0.29) is 6.09 Å². The molecule has 1 aromatic carbocycles. The predicted octanol–water partition coefficient (Wildman–Crippen LogP) is 5.06. The lowest BCUT2D eigenvalue weighted by atomic mass is 9.99. The molecule has 0 aromatic heterocycles. The molecule has 0 saturated heterocycles. The number of halogens is 1. The first-order valence-electron chi connectivity index (χ1n) is 10.9. The van der Waals surface area contributed by atoms with E-state index in [1.165, 1.54) is 16.7 Å². The summed E-state index contributed by atoms with van der Waals surface area (Å²) in [6.45, 7) is 9.36. The summed E-state index contributed by atoms with van der Waals surface area (Å²) in [6.07, 6.45) is 7.69. The fraction of sp³-hybridized carbons (Fsp3) is 0.542. The number of rotatable bonds is 2. The summed E-state index contributed by atoms with van der Waals surface area (Å²) in [7, 11) is 0. The molecule has 30 heavy (non-hydrogen) atoms. The number of amides is 1. The Kier molecular flexibility index (Phi) is 6.01. The first-order valence-corrected chi connectivity index (χ1v) is 11.2. The van der Waals surface area contributed by atoms with Gasteiger partial charge in [-0.15, -0.1) is 0 Å². The Morgan fingerprint density at radius 1 is 1.13 bits per heavy atom. The molecule has 0 saturated carbocycles. The molecular weight excluding hydrogens is 400 g/mol. The van der Waals surface area contributed by atoms with Gasteiger partial charge in [0.2, 0.25) is 0 Å². The van der Waals surface area contributed by atoms with Crippen molar-refractivity contribution in [2.24, 2.45) is 0 Å². The molecule has 3 aliphatic rings. The molecular formula is C24H31ClN2O3. The van der Waals surface area contributed by atoms with E-state index in [1.54, 1.807) is 0 Å². The molecule has 0 N–H and O–H groups in total. The van der Waals surface area contributed by atoms with Gasteiger partial charge in [-0.3, -0.25) is 0 Å². The lowest BCUT2D eigenvalue weighted by Gasteiger charge is -2.33. The Hall–Kier alpha value is -2.14. The van der Waals surface area contributed by atoms with E-state index in [0.29, 0.717) is 19.7 Å². The van der Waals surface area contributed by atoms with E-state index in [0.717, 1.165) is 55.2 Å². The average molecular weight is 431 g/mol. The zero-order chi connectivity index (χ0) is 21.3. The lowest BCUT2D eigenvalue weighted by Crippen LogP contribution is -2.38. The van der Waals surface area contributed by atoms with Gasteiger partial charge in [0.25, 0.3) is 0 Å². The highest BCUT2D eigenvalue weighted by atomic mass is 35.5. The SMILES string of the molecule is CC(C)(C)OC(=O)N1CCc2cc3c(cc2CC1)N(CC1=C(Cl)CCC=C1)CCO3. The van der Waals surface area contributed by atoms with Crippen molar-refractivity contribution in [2.45, 2.75) is 52.1 Å². The summed E-state index contributed by atoms with van der Waals surface area (Å²) in [5, 5.41) is 0.966. The van der Waals surface area contributed by atoms with Gasteiger partial charge in [0.15, 0.2) is 0 Å². The summed E-state index contributed by atoms with van der Waals surface area (Å²) >= 11 is 6.48. The van der Waals surface area contributed by atoms with Crippen LogP contribution in [0.5, 0.6) is 5.75 Å². The number of hydrogen-bond acceptors (Lipinski definition) is 4. The number of ether oxygens (including phenoxy) is 2. The van der Waals surface area contributed by atoms with Crippen molar-refractivity contribution >= 4 is 23.4 Å². The first-order chi connectivity index (χ1) is 14.3. The minimum absolute atomic E-state index is 0.233. The molecule has 4 rings (SSSR count). The normalized spacial score (nSPS) is 19.1. The van der Waals surface area contributed by atoms with E-state index < -0.39 is 5.60 Å². The van der Waals surface area contributed by atoms with Crippen molar-refractivity contribution in [1.82, 2.24) is 4.90 Å². The summed E-state index contributed by atoms with van der Waals surface area (Å²) in [4.78, 5) is 16.7. The first kappa shape index (κ1) is 21.1. The van der Waals surface area contributed by atoms with Crippen LogP contribution in [0, 0.1) is 0 Å². The van der Waals surface area contributed by atoms with Gasteiger partial charge in [-0.2, -0.15) is 0 Å². The van der Waals surface area contributed by atoms with Crippen LogP contribution in [0.4, 0.5) is 10.5 Å². The average Bonchev–Trinajstić information content (AvgIpc) is 2.89. The highest BCUT2D eigenvalue weighted by molar-refractivity contribution is 6.30. The van der Waals surface area contributed by atoms with Gasteiger partial charge in [0.1, 0.15) is 18.0 Å². The monoisotopic (exact) mass is 430 g/mol. The molecule has 1 amide bonds. The Morgan fingerprint density at radius 2 is 1.87 bits per heavy atom. The molecule has 0 atom stereocenters.